The Hall–Kier alpha value is -1.61. The molecular weight excluding hydrogens is 445 g/mol. The van der Waals surface area contributed by atoms with E-state index in [2.05, 4.69) is 56.8 Å². The van der Waals surface area contributed by atoms with Crippen molar-refractivity contribution in [1.82, 2.24) is 20.2 Å². The van der Waals surface area contributed by atoms with Crippen molar-refractivity contribution in [3.8, 4) is 0 Å². The van der Waals surface area contributed by atoms with Gasteiger partial charge in [0, 0.05) is 30.2 Å². The summed E-state index contributed by atoms with van der Waals surface area (Å²) < 4.78 is 0. The highest BCUT2D eigenvalue weighted by molar-refractivity contribution is 14.0. The number of nitrogens with zero attached hydrogens (tertiary/aromatic N) is 3. The molecule has 0 aliphatic heterocycles. The fraction of sp³-hybridized carbons (Fsp3) is 0.333. The van der Waals surface area contributed by atoms with Crippen molar-refractivity contribution in [3.63, 3.8) is 0 Å². The van der Waals surface area contributed by atoms with E-state index in [1.54, 1.807) is 11.3 Å². The lowest BCUT2D eigenvalue weighted by molar-refractivity contribution is 0.470. The Morgan fingerprint density at radius 1 is 1.36 bits per heavy atom. The van der Waals surface area contributed by atoms with E-state index < -0.39 is 0 Å². The van der Waals surface area contributed by atoms with E-state index in [0.29, 0.717) is 6.54 Å². The Kier molecular flexibility index (Phi) is 7.24. The number of H-pyrrole nitrogens is 1. The Balaban J connectivity index is 0.00000225. The molecule has 134 valence electrons. The Labute approximate surface area is 169 Å². The largest absolute Gasteiger partial charge is 0.357 e. The number of benzene rings is 1. The van der Waals surface area contributed by atoms with Crippen molar-refractivity contribution in [3.05, 3.63) is 52.1 Å². The van der Waals surface area contributed by atoms with Gasteiger partial charge in [0.05, 0.1) is 23.8 Å². The number of aromatic amines is 1. The third kappa shape index (κ3) is 5.18. The van der Waals surface area contributed by atoms with Crippen LogP contribution in [0.1, 0.15) is 23.3 Å². The van der Waals surface area contributed by atoms with Crippen LogP contribution in [0.15, 0.2) is 40.7 Å². The molecule has 0 fully saturated rings. The van der Waals surface area contributed by atoms with Crippen molar-refractivity contribution in [2.45, 2.75) is 26.9 Å². The Bertz CT molecular complexity index is 806. The van der Waals surface area contributed by atoms with E-state index in [4.69, 9.17) is 4.99 Å². The average Bonchev–Trinajstić information content (AvgIpc) is 3.16. The van der Waals surface area contributed by atoms with Crippen molar-refractivity contribution in [2.24, 2.45) is 4.99 Å². The van der Waals surface area contributed by atoms with E-state index >= 15 is 0 Å². The topological polar surface area (TPSA) is 56.3 Å². The second-order valence-electron chi connectivity index (χ2n) is 5.77. The van der Waals surface area contributed by atoms with E-state index in [1.165, 1.54) is 5.39 Å². The summed E-state index contributed by atoms with van der Waals surface area (Å²) in [6.45, 7) is 6.33. The SMILES string of the molecule is CCNC(=NCc1cc2ccccc2[nH]1)N(C)Cc1csc(C)n1.I. The number of nitrogens with one attached hydrogen (secondary N) is 2. The van der Waals surface area contributed by atoms with Crippen LogP contribution in [-0.4, -0.2) is 34.4 Å². The predicted molar refractivity (Wildman–Crippen MR) is 117 cm³/mol. The van der Waals surface area contributed by atoms with Crippen LogP contribution in [0, 0.1) is 6.92 Å². The molecule has 2 heterocycles. The molecule has 7 heteroatoms. The highest BCUT2D eigenvalue weighted by Gasteiger charge is 2.09. The van der Waals surface area contributed by atoms with Gasteiger partial charge in [-0.25, -0.2) is 9.98 Å². The maximum Gasteiger partial charge on any atom is 0.194 e. The molecule has 1 aromatic carbocycles. The molecule has 25 heavy (non-hydrogen) atoms. The monoisotopic (exact) mass is 469 g/mol. The summed E-state index contributed by atoms with van der Waals surface area (Å²) in [6, 6.07) is 10.5. The summed E-state index contributed by atoms with van der Waals surface area (Å²) in [4.78, 5) is 14.8. The van der Waals surface area contributed by atoms with Crippen molar-refractivity contribution >= 4 is 52.2 Å². The van der Waals surface area contributed by atoms with E-state index in [1.807, 2.05) is 20.0 Å². The van der Waals surface area contributed by atoms with Crippen molar-refractivity contribution < 1.29 is 0 Å². The molecule has 0 atom stereocenters. The number of halogens is 1. The summed E-state index contributed by atoms with van der Waals surface area (Å²) in [5.74, 6) is 0.891. The number of rotatable bonds is 5. The van der Waals surface area contributed by atoms with Gasteiger partial charge in [0.1, 0.15) is 0 Å². The summed E-state index contributed by atoms with van der Waals surface area (Å²) in [5.41, 5.74) is 3.35. The smallest absolute Gasteiger partial charge is 0.194 e. The molecule has 0 aliphatic carbocycles. The zero-order chi connectivity index (χ0) is 16.9. The van der Waals surface area contributed by atoms with Gasteiger partial charge in [-0.2, -0.15) is 0 Å². The number of aromatic nitrogens is 2. The third-order valence-electron chi connectivity index (χ3n) is 3.75. The minimum Gasteiger partial charge on any atom is -0.357 e. The molecule has 0 amide bonds. The van der Waals surface area contributed by atoms with Gasteiger partial charge in [0.25, 0.3) is 0 Å². The summed E-state index contributed by atoms with van der Waals surface area (Å²) in [6.07, 6.45) is 0. The van der Waals surface area contributed by atoms with Gasteiger partial charge in [-0.15, -0.1) is 35.3 Å². The van der Waals surface area contributed by atoms with Crippen LogP contribution in [0.4, 0.5) is 0 Å². The standard InChI is InChI=1S/C18H23N5S.HI/c1-4-19-18(23(3)11-16-12-24-13(2)21-16)20-10-15-9-14-7-5-6-8-17(14)22-15;/h5-9,12,22H,4,10-11H2,1-3H3,(H,19,20);1H. The molecule has 0 aliphatic rings. The molecule has 0 saturated carbocycles. The number of fused-ring (bicyclic) bond motifs is 1. The lowest BCUT2D eigenvalue weighted by Crippen LogP contribution is -2.38. The number of aliphatic imine (C=N–C) groups is 1. The maximum absolute atomic E-state index is 4.76. The molecule has 2 N–H and O–H groups in total. The molecule has 0 radical (unpaired) electrons. The average molecular weight is 469 g/mol. The van der Waals surface area contributed by atoms with E-state index in [0.717, 1.165) is 41.0 Å². The fourth-order valence-corrected chi connectivity index (χ4v) is 3.25. The fourth-order valence-electron chi connectivity index (χ4n) is 2.65. The second-order valence-corrected chi connectivity index (χ2v) is 6.83. The number of thiazole rings is 1. The van der Waals surface area contributed by atoms with Crippen LogP contribution in [0.2, 0.25) is 0 Å². The Morgan fingerprint density at radius 3 is 2.84 bits per heavy atom. The maximum atomic E-state index is 4.76. The molecule has 0 spiro atoms. The van der Waals surface area contributed by atoms with Gasteiger partial charge < -0.3 is 15.2 Å². The molecule has 3 aromatic rings. The second kappa shape index (κ2) is 9.19. The molecule has 0 saturated heterocycles. The molecule has 3 rings (SSSR count). The normalized spacial score (nSPS) is 11.4. The molecule has 5 nitrogen and oxygen atoms in total. The predicted octanol–water partition coefficient (Wildman–Crippen LogP) is 4.15. The number of hydrogen-bond donors (Lipinski definition) is 2. The number of guanidine groups is 1. The van der Waals surface area contributed by atoms with Crippen LogP contribution < -0.4 is 5.32 Å². The number of aryl methyl sites for hydroxylation is 1. The van der Waals surface area contributed by atoms with Gasteiger partial charge in [0.2, 0.25) is 0 Å². The zero-order valence-corrected chi connectivity index (χ0v) is 17.9. The first-order chi connectivity index (χ1) is 11.7. The van der Waals surface area contributed by atoms with Crippen molar-refractivity contribution in [2.75, 3.05) is 13.6 Å². The van der Waals surface area contributed by atoms with Gasteiger partial charge in [-0.3, -0.25) is 0 Å². The van der Waals surface area contributed by atoms with Crippen LogP contribution in [0.5, 0.6) is 0 Å². The first-order valence-electron chi connectivity index (χ1n) is 8.13. The minimum absolute atomic E-state index is 0. The summed E-state index contributed by atoms with van der Waals surface area (Å²) in [7, 11) is 2.04. The first-order valence-corrected chi connectivity index (χ1v) is 9.00. The first kappa shape index (κ1) is 19.7. The van der Waals surface area contributed by atoms with Gasteiger partial charge in [-0.05, 0) is 31.4 Å². The van der Waals surface area contributed by atoms with E-state index in [-0.39, 0.29) is 24.0 Å². The van der Waals surface area contributed by atoms with Gasteiger partial charge in [0.15, 0.2) is 5.96 Å². The van der Waals surface area contributed by atoms with Crippen LogP contribution in [0.3, 0.4) is 0 Å². The van der Waals surface area contributed by atoms with Crippen LogP contribution in [-0.2, 0) is 13.1 Å². The molecule has 0 bridgehead atoms. The minimum atomic E-state index is 0. The van der Waals surface area contributed by atoms with Gasteiger partial charge >= 0.3 is 0 Å². The lowest BCUT2D eigenvalue weighted by Gasteiger charge is -2.21. The highest BCUT2D eigenvalue weighted by Crippen LogP contribution is 2.15. The van der Waals surface area contributed by atoms with Crippen LogP contribution in [0.25, 0.3) is 10.9 Å². The quantitative estimate of drug-likeness (QED) is 0.336. The van der Waals surface area contributed by atoms with Crippen LogP contribution >= 0.6 is 35.3 Å². The number of para-hydroxylation sites is 1. The zero-order valence-electron chi connectivity index (χ0n) is 14.7. The van der Waals surface area contributed by atoms with E-state index in [9.17, 15) is 0 Å². The lowest BCUT2D eigenvalue weighted by atomic mass is 10.2. The molecule has 2 aromatic heterocycles. The molecular formula is C18H24IN5S. The molecule has 0 unspecified atom stereocenters. The summed E-state index contributed by atoms with van der Waals surface area (Å²) in [5, 5.41) is 7.77. The third-order valence-corrected chi connectivity index (χ3v) is 4.57. The highest BCUT2D eigenvalue weighted by atomic mass is 127. The van der Waals surface area contributed by atoms with Gasteiger partial charge in [-0.1, -0.05) is 18.2 Å². The summed E-state index contributed by atoms with van der Waals surface area (Å²) >= 11 is 1.68. The Morgan fingerprint density at radius 2 is 2.16 bits per heavy atom. The van der Waals surface area contributed by atoms with Crippen molar-refractivity contribution in [1.29, 1.82) is 0 Å². The number of hydrogen-bond acceptors (Lipinski definition) is 3.